The molecule has 1 aromatic heterocycles. The first kappa shape index (κ1) is 12.2. The first-order valence-electron chi connectivity index (χ1n) is 5.46. The minimum Gasteiger partial charge on any atom is -0.367 e. The summed E-state index contributed by atoms with van der Waals surface area (Å²) in [6.07, 6.45) is 3.88. The molecule has 2 rings (SSSR count). The van der Waals surface area contributed by atoms with Crippen LogP contribution in [-0.4, -0.2) is 23.0 Å². The first-order valence-corrected chi connectivity index (χ1v) is 5.46. The number of aromatic nitrogens is 2. The molecule has 0 unspecified atom stereocenters. The Morgan fingerprint density at radius 3 is 2.67 bits per heavy atom. The fraction of sp³-hybridized carbons (Fsp3) is 0.154. The van der Waals surface area contributed by atoms with Crippen LogP contribution in [0, 0.1) is 0 Å². The maximum Gasteiger partial charge on any atom is 0.259 e. The van der Waals surface area contributed by atoms with Crippen LogP contribution in [0.2, 0.25) is 0 Å². The van der Waals surface area contributed by atoms with Crippen LogP contribution in [0.15, 0.2) is 48.9 Å². The zero-order valence-electron chi connectivity index (χ0n) is 9.91. The van der Waals surface area contributed by atoms with Gasteiger partial charge in [-0.05, 0) is 5.56 Å². The van der Waals surface area contributed by atoms with Gasteiger partial charge in [-0.3, -0.25) is 9.78 Å². The van der Waals surface area contributed by atoms with Crippen LogP contribution in [0.4, 0.5) is 5.82 Å². The Labute approximate surface area is 105 Å². The predicted molar refractivity (Wildman–Crippen MR) is 66.9 cm³/mol. The van der Waals surface area contributed by atoms with Crippen molar-refractivity contribution < 1.29 is 9.53 Å². The van der Waals surface area contributed by atoms with Crippen molar-refractivity contribution in [1.82, 2.24) is 9.97 Å². The van der Waals surface area contributed by atoms with Crippen LogP contribution in [0.5, 0.6) is 0 Å². The summed E-state index contributed by atoms with van der Waals surface area (Å²) in [4.78, 5) is 19.9. The van der Waals surface area contributed by atoms with Crippen LogP contribution in [-0.2, 0) is 9.53 Å². The van der Waals surface area contributed by atoms with E-state index in [4.69, 9.17) is 4.74 Å². The summed E-state index contributed by atoms with van der Waals surface area (Å²) in [5, 5.41) is 2.65. The molecule has 92 valence electrons. The van der Waals surface area contributed by atoms with Crippen LogP contribution in [0.1, 0.15) is 11.7 Å². The molecular formula is C13H13N3O2. The van der Waals surface area contributed by atoms with E-state index >= 15 is 0 Å². The fourth-order valence-corrected chi connectivity index (χ4v) is 1.58. The molecule has 5 nitrogen and oxygen atoms in total. The van der Waals surface area contributed by atoms with E-state index in [1.807, 2.05) is 30.3 Å². The molecule has 0 aliphatic rings. The van der Waals surface area contributed by atoms with E-state index in [0.29, 0.717) is 5.82 Å². The first-order chi connectivity index (χ1) is 8.81. The van der Waals surface area contributed by atoms with Gasteiger partial charge in [0.1, 0.15) is 0 Å². The van der Waals surface area contributed by atoms with Crippen LogP contribution >= 0.6 is 0 Å². The number of hydrogen-bond acceptors (Lipinski definition) is 4. The van der Waals surface area contributed by atoms with Crippen molar-refractivity contribution >= 4 is 11.7 Å². The van der Waals surface area contributed by atoms with Crippen LogP contribution < -0.4 is 5.32 Å². The number of ether oxygens (including phenoxy) is 1. The highest BCUT2D eigenvalue weighted by Crippen LogP contribution is 2.17. The van der Waals surface area contributed by atoms with Gasteiger partial charge in [-0.1, -0.05) is 30.3 Å². The molecule has 18 heavy (non-hydrogen) atoms. The highest BCUT2D eigenvalue weighted by Gasteiger charge is 2.20. The number of amides is 1. The molecule has 0 radical (unpaired) electrons. The van der Waals surface area contributed by atoms with Gasteiger partial charge in [0.2, 0.25) is 0 Å². The van der Waals surface area contributed by atoms with Crippen molar-refractivity contribution in [2.75, 3.05) is 12.4 Å². The number of nitrogens with zero attached hydrogens (tertiary/aromatic N) is 2. The van der Waals surface area contributed by atoms with E-state index in [9.17, 15) is 4.79 Å². The summed E-state index contributed by atoms with van der Waals surface area (Å²) >= 11 is 0. The highest BCUT2D eigenvalue weighted by molar-refractivity contribution is 5.93. The van der Waals surface area contributed by atoms with Crippen molar-refractivity contribution in [1.29, 1.82) is 0 Å². The lowest BCUT2D eigenvalue weighted by atomic mass is 10.1. The van der Waals surface area contributed by atoms with Gasteiger partial charge in [-0.2, -0.15) is 0 Å². The zero-order valence-corrected chi connectivity index (χ0v) is 9.91. The summed E-state index contributed by atoms with van der Waals surface area (Å²) in [7, 11) is 1.49. The van der Waals surface area contributed by atoms with E-state index in [1.54, 1.807) is 6.20 Å². The van der Waals surface area contributed by atoms with Crippen molar-refractivity contribution in [3.8, 4) is 0 Å². The Bertz CT molecular complexity index is 502. The molecule has 5 heteroatoms. The maximum atomic E-state index is 12.0. The number of carbonyl (C=O) groups excluding carboxylic acids is 1. The molecule has 1 amide bonds. The molecule has 1 N–H and O–H groups in total. The van der Waals surface area contributed by atoms with Gasteiger partial charge in [0.25, 0.3) is 5.91 Å². The predicted octanol–water partition coefficient (Wildman–Crippen LogP) is 1.80. The summed E-state index contributed by atoms with van der Waals surface area (Å²) in [5.41, 5.74) is 0.793. The second kappa shape index (κ2) is 5.88. The summed E-state index contributed by atoms with van der Waals surface area (Å²) < 4.78 is 5.21. The standard InChI is InChI=1S/C13H13N3O2/c1-18-12(10-5-3-2-4-6-10)13(17)16-11-9-14-7-8-15-11/h2-9,12H,1H3,(H,15,16,17)/t12-/m0/s1. The second-order valence-electron chi connectivity index (χ2n) is 3.61. The topological polar surface area (TPSA) is 64.1 Å². The molecule has 1 heterocycles. The molecule has 2 aromatic rings. The number of benzene rings is 1. The van der Waals surface area contributed by atoms with Gasteiger partial charge in [0, 0.05) is 19.5 Å². The van der Waals surface area contributed by atoms with E-state index in [1.165, 1.54) is 19.5 Å². The number of anilines is 1. The van der Waals surface area contributed by atoms with Crippen LogP contribution in [0.25, 0.3) is 0 Å². The number of carbonyl (C=O) groups is 1. The Hall–Kier alpha value is -2.27. The molecule has 0 fully saturated rings. The number of rotatable bonds is 4. The highest BCUT2D eigenvalue weighted by atomic mass is 16.5. The number of nitrogens with one attached hydrogen (secondary N) is 1. The quantitative estimate of drug-likeness (QED) is 0.889. The third-order valence-electron chi connectivity index (χ3n) is 2.39. The van der Waals surface area contributed by atoms with Crippen molar-refractivity contribution in [2.24, 2.45) is 0 Å². The molecule has 0 spiro atoms. The van der Waals surface area contributed by atoms with Gasteiger partial charge in [-0.25, -0.2) is 4.98 Å². The number of methoxy groups -OCH3 is 1. The average molecular weight is 243 g/mol. The van der Waals surface area contributed by atoms with Gasteiger partial charge < -0.3 is 10.1 Å². The summed E-state index contributed by atoms with van der Waals surface area (Å²) in [5.74, 6) is 0.129. The van der Waals surface area contributed by atoms with Gasteiger partial charge >= 0.3 is 0 Å². The number of hydrogen-bond donors (Lipinski definition) is 1. The molecular weight excluding hydrogens is 230 g/mol. The van der Waals surface area contributed by atoms with E-state index in [2.05, 4.69) is 15.3 Å². The summed E-state index contributed by atoms with van der Waals surface area (Å²) in [6, 6.07) is 9.28. The lowest BCUT2D eigenvalue weighted by molar-refractivity contribution is -0.126. The van der Waals surface area contributed by atoms with E-state index in [0.717, 1.165) is 5.56 Å². The normalized spacial score (nSPS) is 11.8. The minimum atomic E-state index is -0.659. The molecule has 0 aliphatic carbocycles. The SMILES string of the molecule is CO[C@H](C(=O)Nc1cnccn1)c1ccccc1. The molecule has 1 atom stereocenters. The average Bonchev–Trinajstić information content (AvgIpc) is 2.42. The smallest absolute Gasteiger partial charge is 0.259 e. The monoisotopic (exact) mass is 243 g/mol. The minimum absolute atomic E-state index is 0.274. The van der Waals surface area contributed by atoms with Crippen molar-refractivity contribution in [3.63, 3.8) is 0 Å². The van der Waals surface area contributed by atoms with Gasteiger partial charge in [0.15, 0.2) is 11.9 Å². The Morgan fingerprint density at radius 1 is 1.28 bits per heavy atom. The maximum absolute atomic E-state index is 12.0. The third-order valence-corrected chi connectivity index (χ3v) is 2.39. The van der Waals surface area contributed by atoms with E-state index in [-0.39, 0.29) is 5.91 Å². The molecule has 0 saturated carbocycles. The Kier molecular flexibility index (Phi) is 3.98. The largest absolute Gasteiger partial charge is 0.367 e. The molecule has 0 aliphatic heterocycles. The molecule has 0 bridgehead atoms. The summed E-state index contributed by atoms with van der Waals surface area (Å²) in [6.45, 7) is 0. The van der Waals surface area contributed by atoms with Crippen molar-refractivity contribution in [2.45, 2.75) is 6.10 Å². The molecule has 0 saturated heterocycles. The van der Waals surface area contributed by atoms with Gasteiger partial charge in [0.05, 0.1) is 6.20 Å². The zero-order chi connectivity index (χ0) is 12.8. The van der Waals surface area contributed by atoms with Gasteiger partial charge in [-0.15, -0.1) is 0 Å². The lowest BCUT2D eigenvalue weighted by Crippen LogP contribution is -2.23. The fourth-order valence-electron chi connectivity index (χ4n) is 1.58. The Balaban J connectivity index is 2.12. The van der Waals surface area contributed by atoms with E-state index < -0.39 is 6.10 Å². The third kappa shape index (κ3) is 2.89. The van der Waals surface area contributed by atoms with Crippen LogP contribution in [0.3, 0.4) is 0 Å². The van der Waals surface area contributed by atoms with Crippen molar-refractivity contribution in [3.05, 3.63) is 54.5 Å². The Morgan fingerprint density at radius 2 is 2.06 bits per heavy atom. The second-order valence-corrected chi connectivity index (χ2v) is 3.61. The lowest BCUT2D eigenvalue weighted by Gasteiger charge is -2.14. The molecule has 1 aromatic carbocycles.